The van der Waals surface area contributed by atoms with Gasteiger partial charge in [-0.15, -0.1) is 0 Å². The molecular weight excluding hydrogens is 200 g/mol. The van der Waals surface area contributed by atoms with Crippen LogP contribution in [0, 0.1) is 5.92 Å². The van der Waals surface area contributed by atoms with Crippen molar-refractivity contribution in [2.75, 3.05) is 32.8 Å². The summed E-state index contributed by atoms with van der Waals surface area (Å²) in [7, 11) is 0. The van der Waals surface area contributed by atoms with Crippen molar-refractivity contribution in [3.63, 3.8) is 0 Å². The maximum absolute atomic E-state index is 5.65. The van der Waals surface area contributed by atoms with Gasteiger partial charge in [0.1, 0.15) is 0 Å². The zero-order valence-corrected chi connectivity index (χ0v) is 10.4. The highest BCUT2D eigenvalue weighted by Gasteiger charge is 2.20. The summed E-state index contributed by atoms with van der Waals surface area (Å²) in [6.07, 6.45) is 8.97. The lowest BCUT2D eigenvalue weighted by atomic mass is 9.87. The van der Waals surface area contributed by atoms with Gasteiger partial charge in [-0.3, -0.25) is 4.90 Å². The van der Waals surface area contributed by atoms with Crippen molar-refractivity contribution in [2.24, 2.45) is 11.7 Å². The van der Waals surface area contributed by atoms with Crippen molar-refractivity contribution >= 4 is 0 Å². The molecule has 94 valence electrons. The van der Waals surface area contributed by atoms with Gasteiger partial charge in [0.05, 0.1) is 12.7 Å². The zero-order chi connectivity index (χ0) is 11.2. The maximum atomic E-state index is 5.65. The molecule has 3 nitrogen and oxygen atoms in total. The molecule has 0 aromatic carbocycles. The van der Waals surface area contributed by atoms with Crippen LogP contribution in [-0.2, 0) is 4.74 Å². The monoisotopic (exact) mass is 226 g/mol. The predicted molar refractivity (Wildman–Crippen MR) is 66.4 cm³/mol. The van der Waals surface area contributed by atoms with Crippen LogP contribution < -0.4 is 5.73 Å². The molecular formula is C13H26N2O. The van der Waals surface area contributed by atoms with Crippen LogP contribution in [0.5, 0.6) is 0 Å². The molecule has 0 aromatic rings. The van der Waals surface area contributed by atoms with E-state index in [2.05, 4.69) is 4.90 Å². The fourth-order valence-electron chi connectivity index (χ4n) is 2.97. The SMILES string of the molecule is NCC1CN(CCC2CCCCC2)CCO1. The van der Waals surface area contributed by atoms with Gasteiger partial charge in [0, 0.05) is 19.6 Å². The molecule has 0 bridgehead atoms. The van der Waals surface area contributed by atoms with E-state index >= 15 is 0 Å². The van der Waals surface area contributed by atoms with Crippen molar-refractivity contribution in [3.8, 4) is 0 Å². The lowest BCUT2D eigenvalue weighted by Gasteiger charge is -2.33. The normalized spacial score (nSPS) is 29.4. The molecule has 1 saturated heterocycles. The van der Waals surface area contributed by atoms with Crippen LogP contribution >= 0.6 is 0 Å². The molecule has 3 heteroatoms. The molecule has 1 heterocycles. The first-order valence-electron chi connectivity index (χ1n) is 6.92. The molecule has 2 fully saturated rings. The summed E-state index contributed by atoms with van der Waals surface area (Å²) in [5.41, 5.74) is 5.65. The van der Waals surface area contributed by atoms with Gasteiger partial charge in [-0.2, -0.15) is 0 Å². The maximum Gasteiger partial charge on any atom is 0.0824 e. The summed E-state index contributed by atoms with van der Waals surface area (Å²) >= 11 is 0. The largest absolute Gasteiger partial charge is 0.374 e. The van der Waals surface area contributed by atoms with Gasteiger partial charge < -0.3 is 10.5 Å². The van der Waals surface area contributed by atoms with Crippen LogP contribution in [0.3, 0.4) is 0 Å². The minimum Gasteiger partial charge on any atom is -0.374 e. The number of hydrogen-bond acceptors (Lipinski definition) is 3. The highest BCUT2D eigenvalue weighted by atomic mass is 16.5. The van der Waals surface area contributed by atoms with E-state index < -0.39 is 0 Å². The van der Waals surface area contributed by atoms with Crippen molar-refractivity contribution in [2.45, 2.75) is 44.6 Å². The van der Waals surface area contributed by atoms with Crippen LogP contribution in [-0.4, -0.2) is 43.8 Å². The van der Waals surface area contributed by atoms with Crippen molar-refractivity contribution < 1.29 is 4.74 Å². The molecule has 2 N–H and O–H groups in total. The standard InChI is InChI=1S/C13H26N2O/c14-10-13-11-15(8-9-16-13)7-6-12-4-2-1-3-5-12/h12-13H,1-11,14H2. The van der Waals surface area contributed by atoms with E-state index in [1.54, 1.807) is 0 Å². The molecule has 1 aliphatic carbocycles. The third-order valence-electron chi connectivity index (χ3n) is 4.06. The molecule has 16 heavy (non-hydrogen) atoms. The average molecular weight is 226 g/mol. The predicted octanol–water partition coefficient (Wildman–Crippen LogP) is 1.62. The minimum atomic E-state index is 0.278. The fraction of sp³-hybridized carbons (Fsp3) is 1.00. The first-order valence-corrected chi connectivity index (χ1v) is 6.92. The average Bonchev–Trinajstić information content (AvgIpc) is 2.38. The summed E-state index contributed by atoms with van der Waals surface area (Å²) in [4.78, 5) is 2.54. The Morgan fingerprint density at radius 1 is 1.19 bits per heavy atom. The Morgan fingerprint density at radius 2 is 2.00 bits per heavy atom. The van der Waals surface area contributed by atoms with Gasteiger partial charge in [-0.1, -0.05) is 32.1 Å². The fourth-order valence-corrected chi connectivity index (χ4v) is 2.97. The molecule has 1 atom stereocenters. The number of rotatable bonds is 4. The molecule has 0 radical (unpaired) electrons. The molecule has 2 rings (SSSR count). The van der Waals surface area contributed by atoms with E-state index in [0.29, 0.717) is 6.54 Å². The Morgan fingerprint density at radius 3 is 2.75 bits per heavy atom. The third kappa shape index (κ3) is 3.72. The van der Waals surface area contributed by atoms with Gasteiger partial charge >= 0.3 is 0 Å². The first-order chi connectivity index (χ1) is 7.88. The van der Waals surface area contributed by atoms with Crippen molar-refractivity contribution in [1.29, 1.82) is 0 Å². The molecule has 1 unspecified atom stereocenters. The molecule has 0 amide bonds. The minimum absolute atomic E-state index is 0.278. The van der Waals surface area contributed by atoms with E-state index in [1.165, 1.54) is 45.1 Å². The van der Waals surface area contributed by atoms with Gasteiger partial charge in [0.2, 0.25) is 0 Å². The molecule has 2 aliphatic rings. The third-order valence-corrected chi connectivity index (χ3v) is 4.06. The van der Waals surface area contributed by atoms with E-state index in [9.17, 15) is 0 Å². The highest BCUT2D eigenvalue weighted by molar-refractivity contribution is 4.74. The summed E-state index contributed by atoms with van der Waals surface area (Å²) in [6, 6.07) is 0. The Balaban J connectivity index is 1.64. The van der Waals surface area contributed by atoms with E-state index in [0.717, 1.165) is 25.6 Å². The van der Waals surface area contributed by atoms with Gasteiger partial charge in [-0.25, -0.2) is 0 Å². The Hall–Kier alpha value is -0.120. The second-order valence-corrected chi connectivity index (χ2v) is 5.32. The van der Waals surface area contributed by atoms with E-state index in [1.807, 2.05) is 0 Å². The van der Waals surface area contributed by atoms with Crippen LogP contribution in [0.1, 0.15) is 38.5 Å². The number of morpholine rings is 1. The Labute approximate surface area is 99.3 Å². The number of hydrogen-bond donors (Lipinski definition) is 1. The summed E-state index contributed by atoms with van der Waals surface area (Å²) in [5, 5.41) is 0. The van der Waals surface area contributed by atoms with Crippen molar-refractivity contribution in [3.05, 3.63) is 0 Å². The number of nitrogens with two attached hydrogens (primary N) is 1. The van der Waals surface area contributed by atoms with Gasteiger partial charge in [-0.05, 0) is 18.9 Å². The van der Waals surface area contributed by atoms with Crippen LogP contribution in [0.25, 0.3) is 0 Å². The Kier molecular flexibility index (Phi) is 5.07. The zero-order valence-electron chi connectivity index (χ0n) is 10.4. The van der Waals surface area contributed by atoms with Crippen LogP contribution in [0.2, 0.25) is 0 Å². The molecule has 0 aromatic heterocycles. The lowest BCUT2D eigenvalue weighted by Crippen LogP contribution is -2.46. The summed E-state index contributed by atoms with van der Waals surface area (Å²) < 4.78 is 5.58. The second kappa shape index (κ2) is 6.58. The molecule has 1 aliphatic heterocycles. The lowest BCUT2D eigenvalue weighted by molar-refractivity contribution is -0.0249. The van der Waals surface area contributed by atoms with E-state index in [4.69, 9.17) is 10.5 Å². The van der Waals surface area contributed by atoms with Crippen LogP contribution in [0.4, 0.5) is 0 Å². The smallest absolute Gasteiger partial charge is 0.0824 e. The highest BCUT2D eigenvalue weighted by Crippen LogP contribution is 2.26. The second-order valence-electron chi connectivity index (χ2n) is 5.32. The number of ether oxygens (including phenoxy) is 1. The Bertz CT molecular complexity index is 192. The summed E-state index contributed by atoms with van der Waals surface area (Å²) in [6.45, 7) is 4.93. The topological polar surface area (TPSA) is 38.5 Å². The molecule has 0 spiro atoms. The number of nitrogens with zero attached hydrogens (tertiary/aromatic N) is 1. The quantitative estimate of drug-likeness (QED) is 0.791. The molecule has 1 saturated carbocycles. The van der Waals surface area contributed by atoms with E-state index in [-0.39, 0.29) is 6.10 Å². The van der Waals surface area contributed by atoms with Gasteiger partial charge in [0.15, 0.2) is 0 Å². The summed E-state index contributed by atoms with van der Waals surface area (Å²) in [5.74, 6) is 0.993. The van der Waals surface area contributed by atoms with Crippen molar-refractivity contribution in [1.82, 2.24) is 4.90 Å². The first kappa shape index (κ1) is 12.3. The van der Waals surface area contributed by atoms with Gasteiger partial charge in [0.25, 0.3) is 0 Å². The van der Waals surface area contributed by atoms with Crippen LogP contribution in [0.15, 0.2) is 0 Å².